The number of hydrogen-bond acceptors (Lipinski definition) is 5. The molecule has 2 N–H and O–H groups in total. The minimum absolute atomic E-state index is 0.128. The van der Waals surface area contributed by atoms with Gasteiger partial charge in [-0.15, -0.1) is 0 Å². The number of aromatic carboxylic acids is 2. The van der Waals surface area contributed by atoms with Crippen LogP contribution in [-0.2, 0) is 16.1 Å². The normalized spacial score (nSPS) is 11.1. The van der Waals surface area contributed by atoms with Crippen LogP contribution in [0.4, 0.5) is 4.39 Å². The van der Waals surface area contributed by atoms with E-state index in [4.69, 9.17) is 9.84 Å². The number of carbonyl (C=O) groups excluding carboxylic acids is 1. The lowest BCUT2D eigenvalue weighted by atomic mass is 10.0. The van der Waals surface area contributed by atoms with Gasteiger partial charge in [-0.2, -0.15) is 0 Å². The molecule has 0 aliphatic carbocycles. The number of carbonyl (C=O) groups is 3. The highest BCUT2D eigenvalue weighted by atomic mass is 19.1. The van der Waals surface area contributed by atoms with Crippen molar-refractivity contribution >= 4 is 17.9 Å². The zero-order valence-electron chi connectivity index (χ0n) is 15.4. The van der Waals surface area contributed by atoms with Crippen LogP contribution in [0.15, 0.2) is 35.3 Å². The second kappa shape index (κ2) is 7.63. The highest BCUT2D eigenvalue weighted by molar-refractivity contribution is 5.91. The second-order valence-electron chi connectivity index (χ2n) is 6.97. The summed E-state index contributed by atoms with van der Waals surface area (Å²) in [5.41, 5.74) is -2.67. The SMILES string of the molecule is CC(C)(C)OC(=O)Cn1cc(-c2ccc(F)c(C(=O)O)c2)cc(C(=O)O)c1=O. The van der Waals surface area contributed by atoms with E-state index >= 15 is 0 Å². The van der Waals surface area contributed by atoms with Gasteiger partial charge in [0.25, 0.3) is 5.56 Å². The van der Waals surface area contributed by atoms with Crippen LogP contribution in [0, 0.1) is 5.82 Å². The van der Waals surface area contributed by atoms with E-state index in [0.717, 1.165) is 22.8 Å². The molecule has 148 valence electrons. The predicted molar refractivity (Wildman–Crippen MR) is 95.9 cm³/mol. The van der Waals surface area contributed by atoms with Crippen molar-refractivity contribution in [3.8, 4) is 11.1 Å². The molecule has 0 bridgehead atoms. The molecule has 1 heterocycles. The Kier molecular flexibility index (Phi) is 5.67. The minimum Gasteiger partial charge on any atom is -0.478 e. The fourth-order valence-electron chi connectivity index (χ4n) is 2.45. The second-order valence-corrected chi connectivity index (χ2v) is 6.97. The van der Waals surface area contributed by atoms with Crippen LogP contribution in [0.5, 0.6) is 0 Å². The summed E-state index contributed by atoms with van der Waals surface area (Å²) in [5, 5.41) is 18.3. The molecule has 0 spiro atoms. The Morgan fingerprint density at radius 2 is 1.61 bits per heavy atom. The lowest BCUT2D eigenvalue weighted by Gasteiger charge is -2.20. The molecule has 0 fully saturated rings. The minimum atomic E-state index is -1.52. The van der Waals surface area contributed by atoms with Crippen molar-refractivity contribution in [1.29, 1.82) is 0 Å². The first-order valence-electron chi connectivity index (χ1n) is 8.12. The van der Waals surface area contributed by atoms with Gasteiger partial charge >= 0.3 is 17.9 Å². The Balaban J connectivity index is 2.58. The van der Waals surface area contributed by atoms with Gasteiger partial charge in [0.05, 0.1) is 5.56 Å². The summed E-state index contributed by atoms with van der Waals surface area (Å²) in [6, 6.07) is 4.21. The molecule has 0 saturated carbocycles. The summed E-state index contributed by atoms with van der Waals surface area (Å²) in [4.78, 5) is 46.9. The molecule has 0 atom stereocenters. The molecule has 2 rings (SSSR count). The van der Waals surface area contributed by atoms with Crippen molar-refractivity contribution in [2.75, 3.05) is 0 Å². The van der Waals surface area contributed by atoms with Crippen LogP contribution in [-0.4, -0.2) is 38.3 Å². The van der Waals surface area contributed by atoms with E-state index in [1.54, 1.807) is 20.8 Å². The number of benzene rings is 1. The summed E-state index contributed by atoms with van der Waals surface area (Å²) in [5.74, 6) is -4.74. The van der Waals surface area contributed by atoms with E-state index in [9.17, 15) is 28.7 Å². The first-order chi connectivity index (χ1) is 12.9. The number of aromatic nitrogens is 1. The third kappa shape index (κ3) is 4.81. The molecule has 28 heavy (non-hydrogen) atoms. The van der Waals surface area contributed by atoms with Crippen LogP contribution >= 0.6 is 0 Å². The van der Waals surface area contributed by atoms with Gasteiger partial charge in [-0.3, -0.25) is 9.59 Å². The number of halogens is 1. The van der Waals surface area contributed by atoms with Crippen molar-refractivity contribution < 1.29 is 33.7 Å². The third-order valence-corrected chi connectivity index (χ3v) is 3.57. The molecule has 0 unspecified atom stereocenters. The molecular weight excluding hydrogens is 373 g/mol. The standard InChI is InChI=1S/C19H18FNO7/c1-19(2,3)28-15(22)9-21-8-11(7-13(16(21)23)18(26)27)10-4-5-14(20)12(6-10)17(24)25/h4-8H,9H2,1-3H3,(H,24,25)(H,26,27). The number of rotatable bonds is 5. The molecule has 9 heteroatoms. The molecule has 1 aromatic heterocycles. The fraction of sp³-hybridized carbons (Fsp3) is 0.263. The van der Waals surface area contributed by atoms with Crippen LogP contribution in [0.25, 0.3) is 11.1 Å². The largest absolute Gasteiger partial charge is 0.478 e. The monoisotopic (exact) mass is 391 g/mol. The molecule has 0 amide bonds. The van der Waals surface area contributed by atoms with Gasteiger partial charge in [0, 0.05) is 6.20 Å². The number of pyridine rings is 1. The predicted octanol–water partition coefficient (Wildman–Crippen LogP) is 2.39. The van der Waals surface area contributed by atoms with Crippen molar-refractivity contribution in [3.63, 3.8) is 0 Å². The highest BCUT2D eigenvalue weighted by Crippen LogP contribution is 2.22. The molecule has 1 aromatic carbocycles. The lowest BCUT2D eigenvalue weighted by molar-refractivity contribution is -0.155. The van der Waals surface area contributed by atoms with E-state index in [1.807, 2.05) is 0 Å². The summed E-state index contributed by atoms with van der Waals surface area (Å²) >= 11 is 0. The van der Waals surface area contributed by atoms with E-state index in [2.05, 4.69) is 0 Å². The number of carboxylic acids is 2. The molecule has 8 nitrogen and oxygen atoms in total. The summed E-state index contributed by atoms with van der Waals surface area (Å²) in [7, 11) is 0. The Morgan fingerprint density at radius 1 is 1.04 bits per heavy atom. The third-order valence-electron chi connectivity index (χ3n) is 3.57. The topological polar surface area (TPSA) is 123 Å². The molecule has 0 aliphatic heterocycles. The van der Waals surface area contributed by atoms with Crippen molar-refractivity contribution in [2.45, 2.75) is 32.9 Å². The first kappa shape index (κ1) is 20.8. The number of hydrogen-bond donors (Lipinski definition) is 2. The number of ether oxygens (including phenoxy) is 1. The average Bonchev–Trinajstić information content (AvgIpc) is 2.54. The van der Waals surface area contributed by atoms with E-state index < -0.39 is 52.6 Å². The molecule has 0 aliphatic rings. The van der Waals surface area contributed by atoms with Gasteiger partial charge in [-0.05, 0) is 50.1 Å². The fourth-order valence-corrected chi connectivity index (χ4v) is 2.45. The van der Waals surface area contributed by atoms with Crippen LogP contribution < -0.4 is 5.56 Å². The van der Waals surface area contributed by atoms with E-state index in [1.165, 1.54) is 12.3 Å². The van der Waals surface area contributed by atoms with Crippen LogP contribution in [0.1, 0.15) is 41.5 Å². The van der Waals surface area contributed by atoms with Gasteiger partial charge in [0.1, 0.15) is 23.5 Å². The zero-order valence-corrected chi connectivity index (χ0v) is 15.4. The molecular formula is C19H18FNO7. The van der Waals surface area contributed by atoms with Gasteiger partial charge < -0.3 is 19.5 Å². The summed E-state index contributed by atoms with van der Waals surface area (Å²) in [6.45, 7) is 4.37. The van der Waals surface area contributed by atoms with Gasteiger partial charge in [-0.1, -0.05) is 6.07 Å². The Hall–Kier alpha value is -3.49. The van der Waals surface area contributed by atoms with Crippen LogP contribution in [0.2, 0.25) is 0 Å². The highest BCUT2D eigenvalue weighted by Gasteiger charge is 2.20. The maximum Gasteiger partial charge on any atom is 0.341 e. The smallest absolute Gasteiger partial charge is 0.341 e. The molecule has 0 saturated heterocycles. The Labute approximate surface area is 158 Å². The van der Waals surface area contributed by atoms with Crippen LogP contribution in [0.3, 0.4) is 0 Å². The summed E-state index contributed by atoms with van der Waals surface area (Å²) < 4.78 is 19.6. The number of nitrogens with zero attached hydrogens (tertiary/aromatic N) is 1. The zero-order chi connectivity index (χ0) is 21.2. The molecule has 0 radical (unpaired) electrons. The van der Waals surface area contributed by atoms with E-state index in [0.29, 0.717) is 0 Å². The summed E-state index contributed by atoms with van der Waals surface area (Å²) in [6.07, 6.45) is 1.19. The van der Waals surface area contributed by atoms with Gasteiger partial charge in [0.15, 0.2) is 0 Å². The Bertz CT molecular complexity index is 1020. The Morgan fingerprint density at radius 3 is 2.14 bits per heavy atom. The quantitative estimate of drug-likeness (QED) is 0.750. The maximum absolute atomic E-state index is 13.6. The maximum atomic E-state index is 13.6. The molecule has 2 aromatic rings. The first-order valence-corrected chi connectivity index (χ1v) is 8.12. The van der Waals surface area contributed by atoms with Crippen molar-refractivity contribution in [2.24, 2.45) is 0 Å². The van der Waals surface area contributed by atoms with Gasteiger partial charge in [-0.25, -0.2) is 14.0 Å². The van der Waals surface area contributed by atoms with Gasteiger partial charge in [0.2, 0.25) is 0 Å². The van der Waals surface area contributed by atoms with Crippen molar-refractivity contribution in [3.05, 3.63) is 57.8 Å². The lowest BCUT2D eigenvalue weighted by Crippen LogP contribution is -2.32. The van der Waals surface area contributed by atoms with Crippen molar-refractivity contribution in [1.82, 2.24) is 4.57 Å². The number of esters is 1. The van der Waals surface area contributed by atoms with E-state index in [-0.39, 0.29) is 11.1 Å². The average molecular weight is 391 g/mol. The number of carboxylic acid groups (broad SMARTS) is 2.